The van der Waals surface area contributed by atoms with Gasteiger partial charge in [-0.2, -0.15) is 0 Å². The number of hydrogen-bond donors (Lipinski definition) is 3. The van der Waals surface area contributed by atoms with E-state index in [4.69, 9.17) is 29.4 Å². The van der Waals surface area contributed by atoms with Crippen LogP contribution in [0.15, 0.2) is 97.2 Å². The molecule has 10 nitrogen and oxygen atoms in total. The summed E-state index contributed by atoms with van der Waals surface area (Å²) in [6, 6.07) is -1.49. The van der Waals surface area contributed by atoms with E-state index in [1.807, 2.05) is 0 Å². The summed E-state index contributed by atoms with van der Waals surface area (Å²) in [6.07, 6.45) is 64.7. The Labute approximate surface area is 396 Å². The number of allylic oxidation sites excluding steroid dienone is 16. The van der Waals surface area contributed by atoms with Gasteiger partial charge in [-0.1, -0.05) is 188 Å². The summed E-state index contributed by atoms with van der Waals surface area (Å²) < 4.78 is 33.4. The highest BCUT2D eigenvalue weighted by Gasteiger charge is 2.27. The SMILES string of the molecule is CC/C=C\C/C=C\C/C=C\C/C=C\C/C=C\C/C=C\C/C=C\CCCCOCC(COP(=O)(O)OCC(N)C(=O)O)OC(=O)CCCCCCCCCCC/C=C\CCCCCCCC. The Morgan fingerprint density at radius 1 is 0.508 bits per heavy atom. The Morgan fingerprint density at radius 3 is 1.35 bits per heavy atom. The maximum atomic E-state index is 12.7. The standard InChI is InChI=1S/C54H92NO9P/c1-3-5-7-9-11-13-15-17-19-21-23-24-25-26-27-29-31-33-35-37-39-41-43-45-47-61-48-51(49-62-65(59,60)63-50-52(55)54(57)58)64-53(56)46-44-42-40-38-36-34-32-30-28-22-20-18-16-14-12-10-8-6-4-2/h5,7,11,13,17-20,23-24,26-27,31,33,37,39,51-52H,3-4,6,8-10,12,14-16,21-22,25,28-30,32,34-36,38,40-50,55H2,1-2H3,(H,57,58)(H,59,60)/b7-5-,13-11-,19-17-,20-18-,24-23-,27-26-,33-31-,39-37-. The van der Waals surface area contributed by atoms with Crippen molar-refractivity contribution in [3.8, 4) is 0 Å². The zero-order chi connectivity index (χ0) is 47.6. The number of unbranched alkanes of at least 4 members (excludes halogenated alkanes) is 17. The number of carboxylic acids is 1. The number of aliphatic carboxylic acids is 1. The maximum absolute atomic E-state index is 12.7. The molecule has 0 saturated heterocycles. The Hall–Kier alpha value is -3.11. The van der Waals surface area contributed by atoms with Crippen LogP contribution >= 0.6 is 7.82 Å². The molecular weight excluding hydrogens is 838 g/mol. The van der Waals surface area contributed by atoms with E-state index in [1.54, 1.807) is 0 Å². The molecule has 11 heteroatoms. The molecule has 4 N–H and O–H groups in total. The molecular formula is C54H92NO9P. The van der Waals surface area contributed by atoms with Crippen LogP contribution in [0.4, 0.5) is 0 Å². The highest BCUT2D eigenvalue weighted by molar-refractivity contribution is 7.47. The Balaban J connectivity index is 4.28. The van der Waals surface area contributed by atoms with Crippen LogP contribution in [0.2, 0.25) is 0 Å². The van der Waals surface area contributed by atoms with E-state index in [9.17, 15) is 19.0 Å². The first kappa shape index (κ1) is 61.9. The fourth-order valence-electron chi connectivity index (χ4n) is 6.46. The molecule has 372 valence electrons. The lowest BCUT2D eigenvalue weighted by molar-refractivity contribution is -0.154. The summed E-state index contributed by atoms with van der Waals surface area (Å²) in [6.45, 7) is 3.65. The fraction of sp³-hybridized carbons (Fsp3) is 0.667. The van der Waals surface area contributed by atoms with Gasteiger partial charge in [0, 0.05) is 13.0 Å². The quantitative estimate of drug-likeness (QED) is 0.0232. The fourth-order valence-corrected chi connectivity index (χ4v) is 7.24. The Morgan fingerprint density at radius 2 is 0.892 bits per heavy atom. The van der Waals surface area contributed by atoms with E-state index in [1.165, 1.54) is 83.5 Å². The van der Waals surface area contributed by atoms with Gasteiger partial charge in [-0.25, -0.2) is 4.57 Å². The predicted molar refractivity (Wildman–Crippen MR) is 272 cm³/mol. The van der Waals surface area contributed by atoms with Crippen LogP contribution in [-0.2, 0) is 32.7 Å². The lowest BCUT2D eigenvalue weighted by Crippen LogP contribution is -2.34. The van der Waals surface area contributed by atoms with Gasteiger partial charge < -0.3 is 25.2 Å². The summed E-state index contributed by atoms with van der Waals surface area (Å²) in [7, 11) is -4.64. The third kappa shape index (κ3) is 48.6. The molecule has 65 heavy (non-hydrogen) atoms. The summed E-state index contributed by atoms with van der Waals surface area (Å²) >= 11 is 0. The molecule has 0 heterocycles. The van der Waals surface area contributed by atoms with Crippen LogP contribution in [0.25, 0.3) is 0 Å². The van der Waals surface area contributed by atoms with E-state index in [2.05, 4.69) is 111 Å². The van der Waals surface area contributed by atoms with Crippen LogP contribution in [0.1, 0.15) is 194 Å². The largest absolute Gasteiger partial charge is 0.480 e. The molecule has 0 spiro atoms. The van der Waals surface area contributed by atoms with E-state index in [-0.39, 0.29) is 13.0 Å². The molecule has 0 radical (unpaired) electrons. The van der Waals surface area contributed by atoms with E-state index in [0.717, 1.165) is 83.5 Å². The maximum Gasteiger partial charge on any atom is 0.472 e. The number of esters is 1. The van der Waals surface area contributed by atoms with Crippen molar-refractivity contribution in [2.24, 2.45) is 5.73 Å². The molecule has 0 saturated carbocycles. The smallest absolute Gasteiger partial charge is 0.472 e. The van der Waals surface area contributed by atoms with E-state index >= 15 is 0 Å². The minimum Gasteiger partial charge on any atom is -0.480 e. The molecule has 3 atom stereocenters. The van der Waals surface area contributed by atoms with Gasteiger partial charge in [0.15, 0.2) is 0 Å². The van der Waals surface area contributed by atoms with Crippen molar-refractivity contribution < 1.29 is 42.7 Å². The van der Waals surface area contributed by atoms with Crippen LogP contribution in [0.5, 0.6) is 0 Å². The lowest BCUT2D eigenvalue weighted by Gasteiger charge is -2.20. The normalized spacial score (nSPS) is 14.5. The Bertz CT molecular complexity index is 1400. The molecule has 0 bridgehead atoms. The predicted octanol–water partition coefficient (Wildman–Crippen LogP) is 14.9. The minimum atomic E-state index is -4.64. The first-order valence-electron chi connectivity index (χ1n) is 25.3. The number of ether oxygens (including phenoxy) is 2. The molecule has 0 aliphatic heterocycles. The lowest BCUT2D eigenvalue weighted by atomic mass is 10.1. The van der Waals surface area contributed by atoms with Gasteiger partial charge in [-0.3, -0.25) is 18.6 Å². The zero-order valence-corrected chi connectivity index (χ0v) is 41.7. The van der Waals surface area contributed by atoms with Crippen molar-refractivity contribution in [3.05, 3.63) is 97.2 Å². The van der Waals surface area contributed by atoms with Crippen molar-refractivity contribution in [2.45, 2.75) is 206 Å². The topological polar surface area (TPSA) is 155 Å². The number of phosphoric ester groups is 1. The number of rotatable bonds is 47. The van der Waals surface area contributed by atoms with Crippen molar-refractivity contribution in [1.29, 1.82) is 0 Å². The van der Waals surface area contributed by atoms with E-state index in [0.29, 0.717) is 13.0 Å². The summed E-state index contributed by atoms with van der Waals surface area (Å²) in [5, 5.41) is 8.93. The molecule has 0 aliphatic carbocycles. The number of carboxylic acid groups (broad SMARTS) is 1. The minimum absolute atomic E-state index is 0.0195. The first-order valence-corrected chi connectivity index (χ1v) is 26.8. The third-order valence-electron chi connectivity index (χ3n) is 10.3. The van der Waals surface area contributed by atoms with Gasteiger partial charge in [0.2, 0.25) is 0 Å². The van der Waals surface area contributed by atoms with Crippen molar-refractivity contribution in [1.82, 2.24) is 0 Å². The average molecular weight is 930 g/mol. The molecule has 0 aromatic rings. The van der Waals surface area contributed by atoms with Crippen molar-refractivity contribution in [3.63, 3.8) is 0 Å². The summed E-state index contributed by atoms with van der Waals surface area (Å²) in [4.78, 5) is 33.7. The number of phosphoric acid groups is 1. The van der Waals surface area contributed by atoms with Gasteiger partial charge in [0.25, 0.3) is 0 Å². The molecule has 0 amide bonds. The van der Waals surface area contributed by atoms with Crippen LogP contribution in [0, 0.1) is 0 Å². The summed E-state index contributed by atoms with van der Waals surface area (Å²) in [5.41, 5.74) is 5.37. The van der Waals surface area contributed by atoms with Crippen molar-refractivity contribution in [2.75, 3.05) is 26.4 Å². The van der Waals surface area contributed by atoms with Crippen LogP contribution < -0.4 is 5.73 Å². The molecule has 3 unspecified atom stereocenters. The summed E-state index contributed by atoms with van der Waals surface area (Å²) in [5.74, 6) is -1.81. The van der Waals surface area contributed by atoms with Crippen LogP contribution in [0.3, 0.4) is 0 Å². The second-order valence-corrected chi connectivity index (χ2v) is 18.0. The molecule has 0 aromatic heterocycles. The first-order chi connectivity index (χ1) is 31.7. The van der Waals surface area contributed by atoms with Crippen LogP contribution in [-0.4, -0.2) is 60.5 Å². The highest BCUT2D eigenvalue weighted by atomic mass is 31.2. The second-order valence-electron chi connectivity index (χ2n) is 16.6. The number of carbonyl (C=O) groups is 2. The average Bonchev–Trinajstić information content (AvgIpc) is 3.29. The Kier molecular flexibility index (Phi) is 46.5. The number of nitrogens with two attached hydrogens (primary N) is 1. The molecule has 0 rings (SSSR count). The van der Waals surface area contributed by atoms with Gasteiger partial charge in [-0.05, 0) is 96.3 Å². The zero-order valence-electron chi connectivity index (χ0n) is 40.8. The molecule has 0 fully saturated rings. The molecule has 0 aliphatic rings. The number of hydrogen-bond acceptors (Lipinski definition) is 8. The van der Waals surface area contributed by atoms with Gasteiger partial charge in [-0.15, -0.1) is 0 Å². The number of carbonyl (C=O) groups excluding carboxylic acids is 1. The second kappa shape index (κ2) is 48.8. The van der Waals surface area contributed by atoms with Gasteiger partial charge in [0.05, 0.1) is 19.8 Å². The molecule has 0 aromatic carbocycles. The third-order valence-corrected chi connectivity index (χ3v) is 11.3. The van der Waals surface area contributed by atoms with Gasteiger partial charge >= 0.3 is 19.8 Å². The highest BCUT2D eigenvalue weighted by Crippen LogP contribution is 2.43. The van der Waals surface area contributed by atoms with Gasteiger partial charge in [0.1, 0.15) is 12.1 Å². The van der Waals surface area contributed by atoms with Crippen molar-refractivity contribution >= 4 is 19.8 Å². The monoisotopic (exact) mass is 930 g/mol. The van der Waals surface area contributed by atoms with E-state index < -0.39 is 45.1 Å².